The van der Waals surface area contributed by atoms with E-state index in [1.165, 1.54) is 78.0 Å². The number of hydrogen-bond donors (Lipinski definition) is 0. The van der Waals surface area contributed by atoms with Gasteiger partial charge < -0.3 is 0 Å². The molecule has 0 amide bonds. The van der Waals surface area contributed by atoms with Crippen molar-refractivity contribution in [2.24, 2.45) is 0 Å². The Kier molecular flexibility index (Phi) is 23.3. The molecule has 2 radical (unpaired) electrons. The van der Waals surface area contributed by atoms with Crippen LogP contribution in [0.1, 0.15) is 198 Å². The van der Waals surface area contributed by atoms with Gasteiger partial charge in [0.25, 0.3) is 6.79 Å². The first-order valence-electron chi connectivity index (χ1n) is 21.5. The maximum absolute atomic E-state index is 7.50. The van der Waals surface area contributed by atoms with E-state index in [0.717, 1.165) is 0 Å². The zero-order chi connectivity index (χ0) is 35.1. The standard InChI is InChI=1S/2C18H33P.C8H7.CO.ClH.Ru/c2*1-4-10-16(11-5-1)19(17-12-6-2-7-13-17)18-14-8-3-9-15-18;1-2-8-6-4-3-5-7-8;1-2;;/h2*16-18H,1-15H2;1-7H;;1H;/q;;;;;+1/p-1. The third-order valence-corrected chi connectivity index (χ3v) is 22.3. The van der Waals surface area contributed by atoms with Gasteiger partial charge in [0.15, 0.2) is 0 Å². The summed E-state index contributed by atoms with van der Waals surface area (Å²) >= 11 is -0.0804. The predicted octanol–water partition coefficient (Wildman–Crippen LogP) is 15.4. The minimum absolute atomic E-state index is 0.0804. The van der Waals surface area contributed by atoms with Gasteiger partial charge in [-0.15, -0.1) is 0 Å². The first-order valence-corrected chi connectivity index (χ1v) is 27.9. The molecule has 0 unspecified atom stereocenters. The summed E-state index contributed by atoms with van der Waals surface area (Å²) in [6, 6.07) is 10.2. The van der Waals surface area contributed by atoms with Crippen molar-refractivity contribution in [3.05, 3.63) is 40.6 Å². The molecule has 1 aromatic rings. The summed E-state index contributed by atoms with van der Waals surface area (Å²) < 4.78 is 2.02. The molecule has 6 aliphatic rings. The van der Waals surface area contributed by atoms with Crippen molar-refractivity contribution in [2.75, 3.05) is 0 Å². The summed E-state index contributed by atoms with van der Waals surface area (Å²) in [5.74, 6) is 0. The van der Waals surface area contributed by atoms with Crippen molar-refractivity contribution in [1.82, 2.24) is 0 Å². The second-order valence-electron chi connectivity index (χ2n) is 16.4. The number of hydrogen-bond acceptors (Lipinski definition) is 1. The molecule has 0 aromatic heterocycles. The van der Waals surface area contributed by atoms with E-state index in [-0.39, 0.29) is 16.1 Å². The molecule has 6 aliphatic carbocycles. The normalized spacial score (nSPS) is 24.2. The Hall–Kier alpha value is 0.403. The molecule has 0 spiro atoms. The first kappa shape index (κ1) is 43.1. The van der Waals surface area contributed by atoms with E-state index in [1.54, 1.807) is 154 Å². The fraction of sp³-hybridized carbons (Fsp3) is 0.800. The molecule has 0 saturated heterocycles. The fourth-order valence-electron chi connectivity index (χ4n) is 10.7. The van der Waals surface area contributed by atoms with E-state index >= 15 is 0 Å². The molecule has 0 heterocycles. The molecular formula is C45H73ClOP2Ru. The predicted molar refractivity (Wildman–Crippen MR) is 222 cm³/mol. The van der Waals surface area contributed by atoms with Gasteiger partial charge >= 0.3 is 72.5 Å². The Labute approximate surface area is 324 Å². The van der Waals surface area contributed by atoms with Crippen LogP contribution in [0.3, 0.4) is 0 Å². The summed E-state index contributed by atoms with van der Waals surface area (Å²) in [6.45, 7) is 4.50. The van der Waals surface area contributed by atoms with Gasteiger partial charge in [-0.3, -0.25) is 4.79 Å². The summed E-state index contributed by atoms with van der Waals surface area (Å²) in [5.41, 5.74) is 8.36. The maximum atomic E-state index is 7.50. The number of carbonyl (C=O) groups excluding carboxylic acids is 1. The Balaban J connectivity index is 0.000000172. The molecule has 0 atom stereocenters. The van der Waals surface area contributed by atoms with E-state index in [4.69, 9.17) is 14.5 Å². The summed E-state index contributed by atoms with van der Waals surface area (Å²) in [7, 11) is 6.32. The van der Waals surface area contributed by atoms with Crippen LogP contribution in [0.2, 0.25) is 0 Å². The molecule has 0 aliphatic heterocycles. The molecule has 6 fully saturated rings. The number of rotatable bonds is 8. The Bertz CT molecular complexity index is 832. The first-order chi connectivity index (χ1) is 24.8. The van der Waals surface area contributed by atoms with Crippen LogP contribution in [-0.4, -0.2) is 40.7 Å². The van der Waals surface area contributed by atoms with Crippen LogP contribution in [0.15, 0.2) is 35.0 Å². The number of benzene rings is 1. The second kappa shape index (κ2) is 27.1. The summed E-state index contributed by atoms with van der Waals surface area (Å²) in [6.07, 6.45) is 49.3. The van der Waals surface area contributed by atoms with Crippen LogP contribution in [-0.2, 0) is 20.9 Å². The fourth-order valence-corrected chi connectivity index (χ4v) is 20.8. The topological polar surface area (TPSA) is 17.1 Å². The third-order valence-electron chi connectivity index (χ3n) is 13.1. The molecule has 284 valence electrons. The molecule has 7 rings (SSSR count). The Morgan fingerprint density at radius 1 is 0.440 bits per heavy atom. The van der Waals surface area contributed by atoms with Crippen LogP contribution in [0.25, 0.3) is 6.08 Å². The minimum atomic E-state index is -0.0804. The van der Waals surface area contributed by atoms with Gasteiger partial charge in [-0.05, 0) is 111 Å². The van der Waals surface area contributed by atoms with Gasteiger partial charge in [0.1, 0.15) is 0 Å². The summed E-state index contributed by atoms with van der Waals surface area (Å²) in [4.78, 5) is 7.50. The molecule has 1 aromatic carbocycles. The second-order valence-corrected chi connectivity index (χ2v) is 24.5. The summed E-state index contributed by atoms with van der Waals surface area (Å²) in [5, 5.41) is 0. The van der Waals surface area contributed by atoms with Gasteiger partial charge in [0, 0.05) is 0 Å². The third kappa shape index (κ3) is 15.3. The van der Waals surface area contributed by atoms with Crippen molar-refractivity contribution in [2.45, 2.75) is 227 Å². The zero-order valence-corrected chi connectivity index (χ0v) is 36.0. The van der Waals surface area contributed by atoms with Crippen molar-refractivity contribution in [3.8, 4) is 0 Å². The average Bonchev–Trinajstić information content (AvgIpc) is 3.21. The van der Waals surface area contributed by atoms with E-state index in [0.29, 0.717) is 15.8 Å². The average molecular weight is 829 g/mol. The van der Waals surface area contributed by atoms with Crippen LogP contribution in [0, 0.1) is 0 Å². The van der Waals surface area contributed by atoms with E-state index in [1.807, 2.05) is 28.9 Å². The molecule has 0 bridgehead atoms. The van der Waals surface area contributed by atoms with E-state index in [9.17, 15) is 0 Å². The quantitative estimate of drug-likeness (QED) is 0.188. The van der Waals surface area contributed by atoms with Crippen molar-refractivity contribution in [1.29, 1.82) is 0 Å². The molecule has 50 heavy (non-hydrogen) atoms. The van der Waals surface area contributed by atoms with Crippen LogP contribution >= 0.6 is 25.5 Å². The molecule has 1 nitrogen and oxygen atoms in total. The van der Waals surface area contributed by atoms with Crippen molar-refractivity contribution < 1.29 is 20.9 Å². The number of halogens is 1. The van der Waals surface area contributed by atoms with E-state index < -0.39 is 0 Å². The van der Waals surface area contributed by atoms with Crippen molar-refractivity contribution >= 4 is 38.4 Å². The van der Waals surface area contributed by atoms with Gasteiger partial charge in [-0.25, -0.2) is 0 Å². The van der Waals surface area contributed by atoms with Crippen LogP contribution in [0.5, 0.6) is 0 Å². The Morgan fingerprint density at radius 2 is 0.680 bits per heavy atom. The zero-order valence-electron chi connectivity index (χ0n) is 31.8. The van der Waals surface area contributed by atoms with Crippen LogP contribution < -0.4 is 0 Å². The molecule has 0 N–H and O–H groups in total. The van der Waals surface area contributed by atoms with Gasteiger partial charge in [-0.2, -0.15) is 0 Å². The van der Waals surface area contributed by atoms with Crippen LogP contribution in [0.4, 0.5) is 0 Å². The van der Waals surface area contributed by atoms with Crippen molar-refractivity contribution in [3.63, 3.8) is 0 Å². The molecular weight excluding hydrogens is 755 g/mol. The SMILES string of the molecule is C1CCC(P(C2CCCCC2)C2CCCCC2)CC1.C1CCC(P(C2CCCCC2)C2CCCCC2)CC1.[C]=O.[Cl][Ru][CH]=Cc1ccccc1. The Morgan fingerprint density at radius 3 is 0.900 bits per heavy atom. The van der Waals surface area contributed by atoms with Gasteiger partial charge in [-0.1, -0.05) is 131 Å². The van der Waals surface area contributed by atoms with E-state index in [2.05, 4.69) is 18.9 Å². The van der Waals surface area contributed by atoms with Gasteiger partial charge in [0.2, 0.25) is 0 Å². The monoisotopic (exact) mass is 828 g/mol. The molecule has 5 heteroatoms. The molecule has 6 saturated carbocycles. The van der Waals surface area contributed by atoms with Gasteiger partial charge in [0.05, 0.1) is 0 Å².